The average molecular weight is 589 g/mol. The van der Waals surface area contributed by atoms with Crippen LogP contribution < -0.4 is 20.3 Å². The quantitative estimate of drug-likeness (QED) is 0.471. The van der Waals surface area contributed by atoms with Crippen molar-refractivity contribution in [2.24, 2.45) is 17.3 Å². The van der Waals surface area contributed by atoms with Gasteiger partial charge in [-0.15, -0.1) is 0 Å². The number of likely N-dealkylation sites (tertiary alicyclic amines) is 1. The summed E-state index contributed by atoms with van der Waals surface area (Å²) in [5.41, 5.74) is 2.30. The molecular weight excluding hydrogens is 547 g/mol. The number of piperidine rings is 3. The molecule has 1 unspecified atom stereocenters. The van der Waals surface area contributed by atoms with Crippen LogP contribution in [0.25, 0.3) is 0 Å². The molecule has 0 aromatic heterocycles. The highest BCUT2D eigenvalue weighted by Crippen LogP contribution is 2.50. The molecule has 3 heterocycles. The number of halogens is 1. The van der Waals surface area contributed by atoms with E-state index in [4.69, 9.17) is 4.74 Å². The molecule has 2 N–H and O–H groups in total. The van der Waals surface area contributed by atoms with Crippen LogP contribution in [0, 0.1) is 23.1 Å². The second kappa shape index (κ2) is 11.2. The Hall–Kier alpha value is -3.46. The zero-order valence-corrected chi connectivity index (χ0v) is 24.8. The average Bonchev–Trinajstić information content (AvgIpc) is 3.58. The van der Waals surface area contributed by atoms with Crippen LogP contribution in [0.1, 0.15) is 73.2 Å². The highest BCUT2D eigenvalue weighted by atomic mass is 19.1. The van der Waals surface area contributed by atoms with Gasteiger partial charge in [0.05, 0.1) is 18.7 Å². The number of anilines is 1. The molecule has 5 fully saturated rings. The number of benzene rings is 2. The Balaban J connectivity index is 0.871. The summed E-state index contributed by atoms with van der Waals surface area (Å²) in [4.78, 5) is 41.3. The van der Waals surface area contributed by atoms with Gasteiger partial charge in [0.1, 0.15) is 11.6 Å². The van der Waals surface area contributed by atoms with Crippen LogP contribution >= 0.6 is 0 Å². The number of nitrogens with zero attached hydrogens (tertiary/aromatic N) is 2. The minimum Gasteiger partial charge on any atom is -0.497 e. The first-order valence-corrected chi connectivity index (χ1v) is 15.9. The minimum absolute atomic E-state index is 0.0216. The molecule has 2 saturated carbocycles. The molecule has 5 aliphatic rings. The summed E-state index contributed by atoms with van der Waals surface area (Å²) in [6.45, 7) is 4.24. The third-order valence-corrected chi connectivity index (χ3v) is 11.0. The van der Waals surface area contributed by atoms with Crippen molar-refractivity contribution in [2.45, 2.75) is 69.4 Å². The van der Waals surface area contributed by atoms with E-state index < -0.39 is 5.92 Å². The van der Waals surface area contributed by atoms with Crippen molar-refractivity contribution in [1.29, 1.82) is 0 Å². The number of ether oxygens (including phenoxy) is 1. The Morgan fingerprint density at radius 2 is 1.93 bits per heavy atom. The topological polar surface area (TPSA) is 91.0 Å². The van der Waals surface area contributed by atoms with E-state index in [9.17, 15) is 14.4 Å². The van der Waals surface area contributed by atoms with E-state index in [1.54, 1.807) is 13.2 Å². The van der Waals surface area contributed by atoms with E-state index in [1.807, 2.05) is 30.3 Å². The molecule has 8 nitrogen and oxygen atoms in total. The van der Waals surface area contributed by atoms with E-state index in [0.717, 1.165) is 51.9 Å². The minimum atomic E-state index is -0.465. The molecule has 228 valence electrons. The number of rotatable bonds is 7. The summed E-state index contributed by atoms with van der Waals surface area (Å²) >= 11 is 0. The lowest BCUT2D eigenvalue weighted by Gasteiger charge is -2.52. The first-order chi connectivity index (χ1) is 20.8. The molecule has 9 heteroatoms. The molecule has 4 atom stereocenters. The van der Waals surface area contributed by atoms with Crippen molar-refractivity contribution in [3.8, 4) is 5.75 Å². The number of nitrogens with one attached hydrogen (secondary N) is 2. The maximum Gasteiger partial charge on any atom is 0.251 e. The molecule has 0 radical (unpaired) electrons. The highest BCUT2D eigenvalue weighted by Gasteiger charge is 2.49. The second-order valence-corrected chi connectivity index (χ2v) is 13.6. The van der Waals surface area contributed by atoms with Gasteiger partial charge in [-0.05, 0) is 111 Å². The van der Waals surface area contributed by atoms with E-state index in [-0.39, 0.29) is 29.6 Å². The van der Waals surface area contributed by atoms with Crippen LogP contribution in [-0.4, -0.2) is 68.0 Å². The van der Waals surface area contributed by atoms with Crippen LogP contribution in [0.15, 0.2) is 42.5 Å². The van der Waals surface area contributed by atoms with E-state index in [1.165, 1.54) is 18.9 Å². The lowest BCUT2D eigenvalue weighted by atomic mass is 9.60. The molecular formula is C34H41FN4O4. The molecule has 2 aliphatic carbocycles. The van der Waals surface area contributed by atoms with Gasteiger partial charge >= 0.3 is 0 Å². The number of fused-ring (bicyclic) bond motifs is 2. The summed E-state index contributed by atoms with van der Waals surface area (Å²) < 4.78 is 20.6. The standard InChI is InChI=1S/C34H41FN4O4/c1-43-27-4-2-3-22(15-27)32(41)36-25-17-34(18-25)9-11-38(12-10-34)19-23-13-26-14-24(23)20-39(26)30-7-5-21(16-29(30)35)28-6-8-31(40)37-33(28)42/h2-5,7,15-16,23-26,28H,6,8-14,17-20H2,1H3,(H,36,41)(H,37,40,42)/t23-,24+,26-,28?/m1/s1. The Kier molecular flexibility index (Phi) is 7.40. The monoisotopic (exact) mass is 588 g/mol. The van der Waals surface area contributed by atoms with Crippen molar-refractivity contribution in [3.05, 3.63) is 59.4 Å². The molecule has 3 amide bonds. The Bertz CT molecular complexity index is 1410. The van der Waals surface area contributed by atoms with Gasteiger partial charge < -0.3 is 19.9 Å². The van der Waals surface area contributed by atoms with Gasteiger partial charge in [-0.3, -0.25) is 19.7 Å². The third kappa shape index (κ3) is 5.52. The Morgan fingerprint density at radius 3 is 2.63 bits per heavy atom. The second-order valence-electron chi connectivity index (χ2n) is 13.6. The van der Waals surface area contributed by atoms with Crippen molar-refractivity contribution < 1.29 is 23.5 Å². The van der Waals surface area contributed by atoms with Gasteiger partial charge in [0.25, 0.3) is 5.91 Å². The normalized spacial score (nSPS) is 28.6. The SMILES string of the molecule is COc1cccc(C(=O)NC2CC3(CCN(C[C@H]4C[C@@H]5C[C@H]4CN5c4ccc(C5CCC(=O)NC5=O)cc4F)CC3)C2)c1. The van der Waals surface area contributed by atoms with Crippen LogP contribution in [-0.2, 0) is 9.59 Å². The number of hydrogen-bond donors (Lipinski definition) is 2. The van der Waals surface area contributed by atoms with Crippen molar-refractivity contribution >= 4 is 23.4 Å². The molecule has 3 aliphatic heterocycles. The molecule has 1 spiro atoms. The molecule has 7 rings (SSSR count). The number of methoxy groups -OCH3 is 1. The Labute approximate surface area is 252 Å². The van der Waals surface area contributed by atoms with Gasteiger partial charge in [0.15, 0.2) is 0 Å². The third-order valence-electron chi connectivity index (χ3n) is 11.0. The lowest BCUT2D eigenvalue weighted by Crippen LogP contribution is -2.55. The van der Waals surface area contributed by atoms with Crippen molar-refractivity contribution in [1.82, 2.24) is 15.5 Å². The zero-order valence-electron chi connectivity index (χ0n) is 24.8. The largest absolute Gasteiger partial charge is 0.497 e. The first-order valence-electron chi connectivity index (χ1n) is 15.9. The fourth-order valence-corrected chi connectivity index (χ4v) is 8.63. The molecule has 3 saturated heterocycles. The van der Waals surface area contributed by atoms with Crippen LogP contribution in [0.2, 0.25) is 0 Å². The maximum atomic E-state index is 15.3. The van der Waals surface area contributed by atoms with E-state index in [2.05, 4.69) is 20.4 Å². The zero-order chi connectivity index (χ0) is 29.7. The summed E-state index contributed by atoms with van der Waals surface area (Å²) in [5, 5.41) is 5.59. The van der Waals surface area contributed by atoms with Crippen molar-refractivity contribution in [2.75, 3.05) is 38.2 Å². The first kappa shape index (κ1) is 28.3. The summed E-state index contributed by atoms with van der Waals surface area (Å²) in [6.07, 6.45) is 7.44. The molecule has 2 bridgehead atoms. The predicted molar refractivity (Wildman–Crippen MR) is 160 cm³/mol. The molecule has 43 heavy (non-hydrogen) atoms. The van der Waals surface area contributed by atoms with Gasteiger partial charge in [-0.2, -0.15) is 0 Å². The van der Waals surface area contributed by atoms with Crippen LogP contribution in [0.3, 0.4) is 0 Å². The summed E-state index contributed by atoms with van der Waals surface area (Å²) in [6, 6.07) is 13.1. The van der Waals surface area contributed by atoms with E-state index in [0.29, 0.717) is 58.7 Å². The van der Waals surface area contributed by atoms with Crippen LogP contribution in [0.5, 0.6) is 5.75 Å². The maximum absolute atomic E-state index is 15.3. The van der Waals surface area contributed by atoms with E-state index >= 15 is 4.39 Å². The Morgan fingerprint density at radius 1 is 1.12 bits per heavy atom. The predicted octanol–water partition coefficient (Wildman–Crippen LogP) is 4.24. The number of hydrogen-bond acceptors (Lipinski definition) is 6. The molecule has 2 aromatic rings. The summed E-state index contributed by atoms with van der Waals surface area (Å²) in [5.74, 6) is 0.579. The lowest BCUT2D eigenvalue weighted by molar-refractivity contribution is -0.134. The van der Waals surface area contributed by atoms with Gasteiger partial charge in [-0.1, -0.05) is 12.1 Å². The van der Waals surface area contributed by atoms with Gasteiger partial charge in [0, 0.05) is 37.2 Å². The van der Waals surface area contributed by atoms with Gasteiger partial charge in [0.2, 0.25) is 11.8 Å². The summed E-state index contributed by atoms with van der Waals surface area (Å²) in [7, 11) is 1.61. The fourth-order valence-electron chi connectivity index (χ4n) is 8.63. The van der Waals surface area contributed by atoms with Gasteiger partial charge in [-0.25, -0.2) is 4.39 Å². The fraction of sp³-hybridized carbons (Fsp3) is 0.559. The molecule has 2 aromatic carbocycles. The number of amides is 3. The number of carbonyl (C=O) groups excluding carboxylic acids is 3. The smallest absolute Gasteiger partial charge is 0.251 e. The van der Waals surface area contributed by atoms with Crippen LogP contribution in [0.4, 0.5) is 10.1 Å². The number of imide groups is 1. The highest BCUT2D eigenvalue weighted by molar-refractivity contribution is 6.01. The number of carbonyl (C=O) groups is 3. The van der Waals surface area contributed by atoms with Crippen molar-refractivity contribution in [3.63, 3.8) is 0 Å².